The maximum absolute atomic E-state index is 13.8. The van der Waals surface area contributed by atoms with Crippen LogP contribution in [0.3, 0.4) is 0 Å². The first-order valence-electron chi connectivity index (χ1n) is 11.6. The number of carbonyl (C=O) groups excluding carboxylic acids is 4. The smallest absolute Gasteiger partial charge is 0.337 e. The zero-order valence-electron chi connectivity index (χ0n) is 19.5. The van der Waals surface area contributed by atoms with Gasteiger partial charge in [-0.1, -0.05) is 48.5 Å². The molecular weight excluding hydrogens is 515 g/mol. The van der Waals surface area contributed by atoms with E-state index in [0.717, 1.165) is 4.90 Å². The number of amides is 3. The molecule has 1 N–H and O–H groups in total. The predicted molar refractivity (Wildman–Crippen MR) is 136 cm³/mol. The van der Waals surface area contributed by atoms with Crippen LogP contribution in [0.25, 0.3) is 0 Å². The molecule has 186 valence electrons. The SMILES string of the molecule is COC(=O)c1ccc(NC(=O)CN2C(=O)[C@@H]3[C@H](C2=O)C2(Cl)c4ccccc4C3(Cl)c3ccccc32)cc1. The molecular formula is C28H20Cl2N2O5. The van der Waals surface area contributed by atoms with Crippen LogP contribution in [-0.2, 0) is 28.9 Å². The summed E-state index contributed by atoms with van der Waals surface area (Å²) in [6.45, 7) is -0.490. The highest BCUT2D eigenvalue weighted by Gasteiger charge is 2.73. The number of benzene rings is 3. The lowest BCUT2D eigenvalue weighted by Gasteiger charge is -2.54. The van der Waals surface area contributed by atoms with Crippen LogP contribution in [0.4, 0.5) is 5.69 Å². The molecule has 7 rings (SSSR count). The number of imide groups is 1. The number of alkyl halides is 2. The second kappa shape index (κ2) is 8.16. The minimum atomic E-state index is -1.30. The van der Waals surface area contributed by atoms with Gasteiger partial charge in [-0.15, -0.1) is 23.2 Å². The number of methoxy groups -OCH3 is 1. The van der Waals surface area contributed by atoms with Crippen molar-refractivity contribution in [1.29, 1.82) is 0 Å². The summed E-state index contributed by atoms with van der Waals surface area (Å²) in [6, 6.07) is 20.8. The molecule has 3 amide bonds. The molecule has 0 spiro atoms. The summed E-state index contributed by atoms with van der Waals surface area (Å²) in [5, 5.41) is 2.66. The number of carbonyl (C=O) groups is 4. The van der Waals surface area contributed by atoms with E-state index < -0.39 is 51.8 Å². The Hall–Kier alpha value is -3.68. The molecule has 0 aromatic heterocycles. The number of rotatable bonds is 4. The second-order valence-corrected chi connectivity index (χ2v) is 10.5. The first-order valence-corrected chi connectivity index (χ1v) is 12.4. The van der Waals surface area contributed by atoms with Gasteiger partial charge in [-0.3, -0.25) is 19.3 Å². The summed E-state index contributed by atoms with van der Waals surface area (Å²) in [5.41, 5.74) is 3.52. The Bertz CT molecular complexity index is 1380. The molecule has 1 saturated heterocycles. The summed E-state index contributed by atoms with van der Waals surface area (Å²) >= 11 is 14.7. The van der Waals surface area contributed by atoms with Gasteiger partial charge in [0.15, 0.2) is 0 Å². The van der Waals surface area contributed by atoms with Crippen molar-refractivity contribution in [1.82, 2.24) is 4.90 Å². The third-order valence-corrected chi connectivity index (χ3v) is 8.85. The van der Waals surface area contributed by atoms with Crippen LogP contribution in [0.1, 0.15) is 32.6 Å². The Kier molecular flexibility index (Phi) is 5.23. The van der Waals surface area contributed by atoms with E-state index >= 15 is 0 Å². The second-order valence-electron chi connectivity index (χ2n) is 9.35. The molecule has 0 radical (unpaired) electrons. The quantitative estimate of drug-likeness (QED) is 0.310. The number of ether oxygens (including phenoxy) is 1. The normalized spacial score (nSPS) is 26.8. The van der Waals surface area contributed by atoms with Crippen molar-refractivity contribution < 1.29 is 23.9 Å². The zero-order valence-corrected chi connectivity index (χ0v) is 21.0. The highest BCUT2D eigenvalue weighted by atomic mass is 35.5. The molecule has 4 aliphatic rings. The van der Waals surface area contributed by atoms with Crippen LogP contribution in [0.2, 0.25) is 0 Å². The molecule has 9 heteroatoms. The number of esters is 1. The first kappa shape index (κ1) is 23.7. The molecule has 37 heavy (non-hydrogen) atoms. The third-order valence-electron chi connectivity index (χ3n) is 7.57. The minimum Gasteiger partial charge on any atom is -0.465 e. The Morgan fingerprint density at radius 2 is 1.24 bits per heavy atom. The van der Waals surface area contributed by atoms with E-state index in [1.165, 1.54) is 31.4 Å². The van der Waals surface area contributed by atoms with Gasteiger partial charge in [0.1, 0.15) is 16.3 Å². The molecule has 0 saturated carbocycles. The van der Waals surface area contributed by atoms with Gasteiger partial charge in [-0.25, -0.2) is 4.79 Å². The van der Waals surface area contributed by atoms with Crippen molar-refractivity contribution >= 4 is 52.6 Å². The Morgan fingerprint density at radius 3 is 1.65 bits per heavy atom. The van der Waals surface area contributed by atoms with Crippen LogP contribution >= 0.6 is 23.2 Å². The van der Waals surface area contributed by atoms with Crippen LogP contribution in [0.15, 0.2) is 72.8 Å². The van der Waals surface area contributed by atoms with Gasteiger partial charge in [-0.2, -0.15) is 0 Å². The van der Waals surface area contributed by atoms with Gasteiger partial charge >= 0.3 is 5.97 Å². The highest BCUT2D eigenvalue weighted by molar-refractivity contribution is 6.36. The number of hydrogen-bond donors (Lipinski definition) is 1. The molecule has 1 aliphatic heterocycles. The van der Waals surface area contributed by atoms with Crippen LogP contribution in [-0.4, -0.2) is 42.2 Å². The number of likely N-dealkylation sites (tertiary alicyclic amines) is 1. The van der Waals surface area contributed by atoms with Crippen molar-refractivity contribution in [2.75, 3.05) is 19.0 Å². The van der Waals surface area contributed by atoms with E-state index in [1.807, 2.05) is 48.5 Å². The third kappa shape index (κ3) is 3.07. The molecule has 1 heterocycles. The van der Waals surface area contributed by atoms with Crippen molar-refractivity contribution in [3.8, 4) is 0 Å². The van der Waals surface area contributed by atoms with Crippen molar-refractivity contribution in [3.05, 3.63) is 101 Å². The van der Waals surface area contributed by atoms with Crippen molar-refractivity contribution in [3.63, 3.8) is 0 Å². The van der Waals surface area contributed by atoms with E-state index in [-0.39, 0.29) is 0 Å². The van der Waals surface area contributed by atoms with Gasteiger partial charge in [0.25, 0.3) is 0 Å². The lowest BCUT2D eigenvalue weighted by Crippen LogP contribution is -2.57. The fourth-order valence-electron chi connectivity index (χ4n) is 6.03. The fourth-order valence-corrected chi connectivity index (χ4v) is 7.13. The Morgan fingerprint density at radius 1 is 0.811 bits per heavy atom. The van der Waals surface area contributed by atoms with Gasteiger partial charge in [0.05, 0.1) is 24.5 Å². The van der Waals surface area contributed by atoms with Gasteiger partial charge in [-0.05, 0) is 46.5 Å². The number of halogens is 2. The zero-order chi connectivity index (χ0) is 26.1. The molecule has 1 fully saturated rings. The maximum atomic E-state index is 13.8. The molecule has 2 bridgehead atoms. The number of nitrogens with zero attached hydrogens (tertiary/aromatic N) is 1. The summed E-state index contributed by atoms with van der Waals surface area (Å²) < 4.78 is 4.67. The average Bonchev–Trinajstić information content (AvgIpc) is 3.17. The number of hydrogen-bond acceptors (Lipinski definition) is 5. The summed E-state index contributed by atoms with van der Waals surface area (Å²) in [6.07, 6.45) is 0. The molecule has 3 aromatic carbocycles. The van der Waals surface area contributed by atoms with Crippen molar-refractivity contribution in [2.24, 2.45) is 11.8 Å². The Labute approximate surface area is 222 Å². The van der Waals surface area contributed by atoms with Gasteiger partial charge in [0.2, 0.25) is 17.7 Å². The largest absolute Gasteiger partial charge is 0.465 e. The number of anilines is 1. The van der Waals surface area contributed by atoms with Gasteiger partial charge in [0, 0.05) is 5.69 Å². The molecule has 3 aliphatic carbocycles. The molecule has 2 atom stereocenters. The summed E-state index contributed by atoms with van der Waals surface area (Å²) in [4.78, 5) is 50.5. The lowest BCUT2D eigenvalue weighted by atomic mass is 9.54. The number of nitrogens with one attached hydrogen (secondary N) is 1. The van der Waals surface area contributed by atoms with E-state index in [2.05, 4.69) is 10.1 Å². The fraction of sp³-hybridized carbons (Fsp3) is 0.214. The molecule has 7 nitrogen and oxygen atoms in total. The summed E-state index contributed by atoms with van der Waals surface area (Å²) in [7, 11) is 1.28. The molecule has 3 aromatic rings. The minimum absolute atomic E-state index is 0.323. The van der Waals surface area contributed by atoms with Crippen molar-refractivity contribution in [2.45, 2.75) is 9.75 Å². The van der Waals surface area contributed by atoms with Crippen LogP contribution in [0.5, 0.6) is 0 Å². The van der Waals surface area contributed by atoms with E-state index in [9.17, 15) is 19.2 Å². The standard InChI is InChI=1S/C28H20Cl2N2O5/c1-37-26(36)15-10-12-16(13-11-15)31-21(33)14-32-24(34)22-23(25(32)35)28(30)18-7-3-2-6-17(18)27(22,29)19-8-4-5-9-20(19)28/h2-13,22-23H,14H2,1H3,(H,31,33)/t22-,23+,27?,28?. The van der Waals surface area contributed by atoms with E-state index in [1.54, 1.807) is 0 Å². The highest BCUT2D eigenvalue weighted by Crippen LogP contribution is 2.69. The molecule has 0 unspecified atom stereocenters. The lowest BCUT2D eigenvalue weighted by molar-refractivity contribution is -0.142. The predicted octanol–water partition coefficient (Wildman–Crippen LogP) is 4.00. The van der Waals surface area contributed by atoms with Crippen LogP contribution < -0.4 is 5.32 Å². The van der Waals surface area contributed by atoms with Gasteiger partial charge < -0.3 is 10.1 Å². The maximum Gasteiger partial charge on any atom is 0.337 e. The topological polar surface area (TPSA) is 92.8 Å². The van der Waals surface area contributed by atoms with E-state index in [4.69, 9.17) is 23.2 Å². The Balaban J connectivity index is 1.34. The van der Waals surface area contributed by atoms with E-state index in [0.29, 0.717) is 33.5 Å². The monoisotopic (exact) mass is 534 g/mol. The summed E-state index contributed by atoms with van der Waals surface area (Å²) in [5.74, 6) is -4.06. The van der Waals surface area contributed by atoms with Crippen LogP contribution in [0, 0.1) is 11.8 Å². The average molecular weight is 535 g/mol. The first-order chi connectivity index (χ1) is 17.7.